The molecule has 0 radical (unpaired) electrons. The number of nitrogens with one attached hydrogen (secondary N) is 2. The maximum atomic E-state index is 13.3. The van der Waals surface area contributed by atoms with E-state index in [-0.39, 0.29) is 6.04 Å². The van der Waals surface area contributed by atoms with Crippen LogP contribution in [0.1, 0.15) is 38.5 Å². The average molecular weight is 298 g/mol. The molecule has 2 fully saturated rings. The van der Waals surface area contributed by atoms with Crippen molar-refractivity contribution < 1.29 is 13.2 Å². The molecule has 5 heteroatoms. The van der Waals surface area contributed by atoms with Gasteiger partial charge in [-0.3, -0.25) is 0 Å². The molecule has 116 valence electrons. The van der Waals surface area contributed by atoms with E-state index in [1.807, 2.05) is 0 Å². The van der Waals surface area contributed by atoms with Crippen molar-refractivity contribution in [2.75, 3.05) is 11.9 Å². The molecular formula is C16H21F3N2. The van der Waals surface area contributed by atoms with E-state index < -0.39 is 17.5 Å². The van der Waals surface area contributed by atoms with Crippen molar-refractivity contribution in [3.8, 4) is 0 Å². The highest BCUT2D eigenvalue weighted by atomic mass is 19.2. The molecule has 1 aliphatic heterocycles. The molecule has 1 aromatic rings. The van der Waals surface area contributed by atoms with E-state index in [0.717, 1.165) is 44.4 Å². The van der Waals surface area contributed by atoms with Crippen LogP contribution in [0.15, 0.2) is 12.1 Å². The van der Waals surface area contributed by atoms with Gasteiger partial charge >= 0.3 is 0 Å². The molecule has 1 heterocycles. The minimum atomic E-state index is -1.40. The second kappa shape index (κ2) is 6.26. The molecule has 3 unspecified atom stereocenters. The zero-order valence-corrected chi connectivity index (χ0v) is 12.0. The summed E-state index contributed by atoms with van der Waals surface area (Å²) in [6.07, 6.45) is 6.79. The van der Waals surface area contributed by atoms with Crippen molar-refractivity contribution >= 4 is 5.69 Å². The van der Waals surface area contributed by atoms with E-state index in [0.29, 0.717) is 17.6 Å². The molecule has 2 aliphatic rings. The fourth-order valence-electron chi connectivity index (χ4n) is 3.75. The Bertz CT molecular complexity index is 477. The molecule has 1 aromatic carbocycles. The Labute approximate surface area is 123 Å². The van der Waals surface area contributed by atoms with E-state index >= 15 is 0 Å². The molecule has 21 heavy (non-hydrogen) atoms. The van der Waals surface area contributed by atoms with Gasteiger partial charge in [0.2, 0.25) is 0 Å². The van der Waals surface area contributed by atoms with Crippen molar-refractivity contribution in [1.82, 2.24) is 5.32 Å². The molecular weight excluding hydrogens is 277 g/mol. The Kier molecular flexibility index (Phi) is 4.38. The Morgan fingerprint density at radius 1 is 0.952 bits per heavy atom. The predicted molar refractivity (Wildman–Crippen MR) is 76.7 cm³/mol. The van der Waals surface area contributed by atoms with Crippen LogP contribution in [0, 0.1) is 23.4 Å². The maximum absolute atomic E-state index is 13.3. The van der Waals surface area contributed by atoms with Gasteiger partial charge in [0, 0.05) is 29.9 Å². The van der Waals surface area contributed by atoms with Gasteiger partial charge in [-0.25, -0.2) is 13.2 Å². The van der Waals surface area contributed by atoms with Crippen LogP contribution in [0.25, 0.3) is 0 Å². The van der Waals surface area contributed by atoms with Gasteiger partial charge in [0.15, 0.2) is 17.5 Å². The van der Waals surface area contributed by atoms with Crippen molar-refractivity contribution in [2.45, 2.75) is 50.6 Å². The average Bonchev–Trinajstić information content (AvgIpc) is 2.99. The third-order valence-electron chi connectivity index (χ3n) is 4.77. The molecule has 2 N–H and O–H groups in total. The van der Waals surface area contributed by atoms with Gasteiger partial charge in [0.05, 0.1) is 0 Å². The quantitative estimate of drug-likeness (QED) is 0.829. The normalized spacial score (nSPS) is 29.6. The van der Waals surface area contributed by atoms with Crippen molar-refractivity contribution in [1.29, 1.82) is 0 Å². The van der Waals surface area contributed by atoms with E-state index in [1.165, 1.54) is 12.8 Å². The summed E-state index contributed by atoms with van der Waals surface area (Å²) in [4.78, 5) is 0. The third kappa shape index (κ3) is 3.18. The summed E-state index contributed by atoms with van der Waals surface area (Å²) in [5.74, 6) is -3.21. The van der Waals surface area contributed by atoms with Crippen LogP contribution in [0.5, 0.6) is 0 Å². The van der Waals surface area contributed by atoms with Crippen molar-refractivity contribution in [2.24, 2.45) is 5.92 Å². The summed E-state index contributed by atoms with van der Waals surface area (Å²) in [6, 6.07) is 2.77. The van der Waals surface area contributed by atoms with Crippen LogP contribution >= 0.6 is 0 Å². The van der Waals surface area contributed by atoms with Gasteiger partial charge in [0.1, 0.15) is 0 Å². The zero-order chi connectivity index (χ0) is 14.8. The lowest BCUT2D eigenvalue weighted by molar-refractivity contribution is 0.262. The Hall–Kier alpha value is -1.23. The molecule has 0 amide bonds. The van der Waals surface area contributed by atoms with E-state index in [2.05, 4.69) is 10.6 Å². The first-order valence-electron chi connectivity index (χ1n) is 7.79. The fraction of sp³-hybridized carbons (Fsp3) is 0.625. The van der Waals surface area contributed by atoms with Crippen LogP contribution in [-0.2, 0) is 0 Å². The second-order valence-electron chi connectivity index (χ2n) is 6.16. The second-order valence-corrected chi connectivity index (χ2v) is 6.16. The first-order valence-corrected chi connectivity index (χ1v) is 7.79. The fourth-order valence-corrected chi connectivity index (χ4v) is 3.75. The van der Waals surface area contributed by atoms with Crippen LogP contribution < -0.4 is 10.6 Å². The number of anilines is 1. The molecule has 3 rings (SSSR count). The van der Waals surface area contributed by atoms with E-state index in [1.54, 1.807) is 0 Å². The lowest BCUT2D eigenvalue weighted by Crippen LogP contribution is -2.43. The largest absolute Gasteiger partial charge is 0.382 e. The number of hydrogen-bond acceptors (Lipinski definition) is 2. The van der Waals surface area contributed by atoms with Crippen LogP contribution in [0.4, 0.5) is 18.9 Å². The summed E-state index contributed by atoms with van der Waals surface area (Å²) in [5.41, 5.74) is 0.335. The third-order valence-corrected chi connectivity index (χ3v) is 4.77. The summed E-state index contributed by atoms with van der Waals surface area (Å²) in [7, 11) is 0. The Morgan fingerprint density at radius 3 is 2.33 bits per heavy atom. The molecule has 0 aromatic heterocycles. The molecule has 3 atom stereocenters. The SMILES string of the molecule is Fc1cc(NC2CCCCC2C2CCCN2)cc(F)c1F. The number of halogens is 3. The van der Waals surface area contributed by atoms with Crippen molar-refractivity contribution in [3.63, 3.8) is 0 Å². The first kappa shape index (κ1) is 14.7. The Morgan fingerprint density at radius 2 is 1.67 bits per heavy atom. The van der Waals surface area contributed by atoms with Gasteiger partial charge in [-0.1, -0.05) is 12.8 Å². The monoisotopic (exact) mass is 298 g/mol. The minimum Gasteiger partial charge on any atom is -0.382 e. The van der Waals surface area contributed by atoms with Gasteiger partial charge in [-0.2, -0.15) is 0 Å². The van der Waals surface area contributed by atoms with Crippen LogP contribution in [0.2, 0.25) is 0 Å². The van der Waals surface area contributed by atoms with Gasteiger partial charge in [-0.05, 0) is 38.1 Å². The van der Waals surface area contributed by atoms with Crippen LogP contribution in [-0.4, -0.2) is 18.6 Å². The van der Waals surface area contributed by atoms with Crippen LogP contribution in [0.3, 0.4) is 0 Å². The lowest BCUT2D eigenvalue weighted by atomic mass is 9.79. The smallest absolute Gasteiger partial charge is 0.194 e. The molecule has 1 aliphatic carbocycles. The highest BCUT2D eigenvalue weighted by Crippen LogP contribution is 2.33. The molecule has 1 saturated heterocycles. The highest BCUT2D eigenvalue weighted by Gasteiger charge is 2.33. The molecule has 0 spiro atoms. The summed E-state index contributed by atoms with van der Waals surface area (Å²) >= 11 is 0. The molecule has 0 bridgehead atoms. The number of hydrogen-bond donors (Lipinski definition) is 2. The maximum Gasteiger partial charge on any atom is 0.194 e. The number of benzene rings is 1. The predicted octanol–water partition coefficient (Wildman–Crippen LogP) is 3.83. The standard InChI is InChI=1S/C16H21F3N2/c17-12-8-10(9-13(18)16(12)19)21-15-5-2-1-4-11(15)14-6-3-7-20-14/h8-9,11,14-15,20-21H,1-7H2. The number of rotatable bonds is 3. The first-order chi connectivity index (χ1) is 10.1. The van der Waals surface area contributed by atoms with E-state index in [9.17, 15) is 13.2 Å². The minimum absolute atomic E-state index is 0.193. The lowest BCUT2D eigenvalue weighted by Gasteiger charge is -2.36. The zero-order valence-electron chi connectivity index (χ0n) is 12.0. The van der Waals surface area contributed by atoms with Gasteiger partial charge in [0.25, 0.3) is 0 Å². The topological polar surface area (TPSA) is 24.1 Å². The van der Waals surface area contributed by atoms with Gasteiger partial charge in [-0.15, -0.1) is 0 Å². The molecule has 1 saturated carbocycles. The Balaban J connectivity index is 1.75. The van der Waals surface area contributed by atoms with Gasteiger partial charge < -0.3 is 10.6 Å². The summed E-state index contributed by atoms with van der Waals surface area (Å²) < 4.78 is 39.7. The summed E-state index contributed by atoms with van der Waals surface area (Å²) in [5, 5.41) is 6.76. The highest BCUT2D eigenvalue weighted by molar-refractivity contribution is 5.45. The van der Waals surface area contributed by atoms with Crippen molar-refractivity contribution in [3.05, 3.63) is 29.6 Å². The molecule has 2 nitrogen and oxygen atoms in total. The van der Waals surface area contributed by atoms with E-state index in [4.69, 9.17) is 0 Å². The summed E-state index contributed by atoms with van der Waals surface area (Å²) in [6.45, 7) is 1.05.